The fourth-order valence-corrected chi connectivity index (χ4v) is 4.60. The number of thioether (sulfide) groups is 1. The molecule has 1 N–H and O–H groups in total. The highest BCUT2D eigenvalue weighted by molar-refractivity contribution is 8.00. The number of ether oxygens (including phenoxy) is 1. The third-order valence-electron chi connectivity index (χ3n) is 5.21. The van der Waals surface area contributed by atoms with Crippen LogP contribution in [0.3, 0.4) is 0 Å². The second kappa shape index (κ2) is 8.51. The van der Waals surface area contributed by atoms with Crippen LogP contribution in [0.4, 0.5) is 32.0 Å². The van der Waals surface area contributed by atoms with Crippen molar-refractivity contribution in [2.45, 2.75) is 41.4 Å². The number of hydrogen-bond acceptors (Lipinski definition) is 4. The van der Waals surface area contributed by atoms with Crippen molar-refractivity contribution in [3.8, 4) is 5.75 Å². The molecule has 11 heteroatoms. The predicted octanol–water partition coefficient (Wildman–Crippen LogP) is 5.54. The standard InChI is InChI=1S/C21H19F6NO3S/c1-3-15-11-28(18(29)12-4-7-14(31-2)8-5-12)16-9-6-13(10-17(16)32-15)19(30,20(22,23)24)21(25,26)27/h4-10,15,30H,3,11H2,1-2H3. The van der Waals surface area contributed by atoms with E-state index in [9.17, 15) is 36.2 Å². The van der Waals surface area contributed by atoms with Crippen molar-refractivity contribution in [3.63, 3.8) is 0 Å². The van der Waals surface area contributed by atoms with Crippen LogP contribution in [0.25, 0.3) is 0 Å². The number of methoxy groups -OCH3 is 1. The van der Waals surface area contributed by atoms with E-state index in [1.54, 1.807) is 19.1 Å². The molecule has 4 nitrogen and oxygen atoms in total. The summed E-state index contributed by atoms with van der Waals surface area (Å²) in [5.74, 6) is 0.0631. The number of anilines is 1. The van der Waals surface area contributed by atoms with E-state index in [-0.39, 0.29) is 27.9 Å². The first-order valence-corrected chi connectivity index (χ1v) is 10.3. The number of halogens is 6. The summed E-state index contributed by atoms with van der Waals surface area (Å²) < 4.78 is 84.8. The Kier molecular flexibility index (Phi) is 6.45. The summed E-state index contributed by atoms with van der Waals surface area (Å²) in [5, 5.41) is 9.47. The molecule has 0 bridgehead atoms. The van der Waals surface area contributed by atoms with Crippen LogP contribution in [0.2, 0.25) is 0 Å². The van der Waals surface area contributed by atoms with Crippen LogP contribution in [-0.2, 0) is 5.60 Å². The molecule has 0 aromatic heterocycles. The highest BCUT2D eigenvalue weighted by atomic mass is 32.2. The predicted molar refractivity (Wildman–Crippen MR) is 107 cm³/mol. The molecule has 1 aliphatic rings. The van der Waals surface area contributed by atoms with Gasteiger partial charge in [-0.25, -0.2) is 0 Å². The number of hydrogen-bond donors (Lipinski definition) is 1. The van der Waals surface area contributed by atoms with Gasteiger partial charge in [-0.2, -0.15) is 26.3 Å². The van der Waals surface area contributed by atoms with Crippen molar-refractivity contribution in [1.29, 1.82) is 0 Å². The van der Waals surface area contributed by atoms with Gasteiger partial charge in [-0.05, 0) is 42.8 Å². The van der Waals surface area contributed by atoms with Crippen LogP contribution in [-0.4, -0.2) is 42.3 Å². The maximum Gasteiger partial charge on any atom is 0.430 e. The molecule has 1 amide bonds. The lowest BCUT2D eigenvalue weighted by Gasteiger charge is -2.36. The van der Waals surface area contributed by atoms with E-state index >= 15 is 0 Å². The average molecular weight is 479 g/mol. The molecule has 0 saturated heterocycles. The SMILES string of the molecule is CCC1CN(C(=O)c2ccc(OC)cc2)c2ccc(C(O)(C(F)(F)F)C(F)(F)F)cc2S1. The smallest absolute Gasteiger partial charge is 0.430 e. The first-order chi connectivity index (χ1) is 14.8. The largest absolute Gasteiger partial charge is 0.497 e. The number of amides is 1. The van der Waals surface area contributed by atoms with Crippen LogP contribution >= 0.6 is 11.8 Å². The minimum absolute atomic E-state index is 0.0504. The van der Waals surface area contributed by atoms with Gasteiger partial charge in [-0.1, -0.05) is 13.0 Å². The summed E-state index contributed by atoms with van der Waals surface area (Å²) in [6, 6.07) is 8.40. The Morgan fingerprint density at radius 1 is 1.09 bits per heavy atom. The number of benzene rings is 2. The molecule has 3 rings (SSSR count). The maximum atomic E-state index is 13.3. The molecule has 0 fully saturated rings. The van der Waals surface area contributed by atoms with Gasteiger partial charge in [-0.15, -0.1) is 11.8 Å². The second-order valence-corrected chi connectivity index (χ2v) is 8.52. The fraction of sp³-hybridized carbons (Fsp3) is 0.381. The fourth-order valence-electron chi connectivity index (χ4n) is 3.36. The first kappa shape index (κ1) is 24.2. The highest BCUT2D eigenvalue weighted by Gasteiger charge is 2.71. The highest BCUT2D eigenvalue weighted by Crippen LogP contribution is 2.52. The molecule has 0 aliphatic carbocycles. The lowest BCUT2D eigenvalue weighted by atomic mass is 9.92. The van der Waals surface area contributed by atoms with Crippen molar-refractivity contribution in [3.05, 3.63) is 53.6 Å². The molecule has 1 atom stereocenters. The van der Waals surface area contributed by atoms with Crippen LogP contribution in [0.5, 0.6) is 5.75 Å². The molecule has 1 unspecified atom stereocenters. The molecular weight excluding hydrogens is 460 g/mol. The summed E-state index contributed by atoms with van der Waals surface area (Å²) in [7, 11) is 1.46. The number of fused-ring (bicyclic) bond motifs is 1. The Bertz CT molecular complexity index is 977. The lowest BCUT2D eigenvalue weighted by Crippen LogP contribution is -2.54. The average Bonchev–Trinajstić information content (AvgIpc) is 2.75. The van der Waals surface area contributed by atoms with Crippen molar-refractivity contribution in [2.24, 2.45) is 0 Å². The number of carbonyl (C=O) groups excluding carboxylic acids is 1. The molecule has 0 spiro atoms. The van der Waals surface area contributed by atoms with E-state index in [1.165, 1.54) is 24.1 Å². The Labute approximate surface area is 184 Å². The van der Waals surface area contributed by atoms with Crippen LogP contribution < -0.4 is 9.64 Å². The lowest BCUT2D eigenvalue weighted by molar-refractivity contribution is -0.376. The molecule has 1 aliphatic heterocycles. The number of alkyl halides is 6. The van der Waals surface area contributed by atoms with E-state index in [0.29, 0.717) is 24.3 Å². The monoisotopic (exact) mass is 479 g/mol. The van der Waals surface area contributed by atoms with Gasteiger partial charge in [0.1, 0.15) is 5.75 Å². The zero-order valence-electron chi connectivity index (χ0n) is 16.9. The zero-order valence-corrected chi connectivity index (χ0v) is 17.7. The van der Waals surface area contributed by atoms with Gasteiger partial charge in [0.05, 0.1) is 12.8 Å². The van der Waals surface area contributed by atoms with Crippen molar-refractivity contribution < 1.29 is 41.0 Å². The van der Waals surface area contributed by atoms with Crippen molar-refractivity contribution in [1.82, 2.24) is 0 Å². The van der Waals surface area contributed by atoms with Gasteiger partial charge in [-0.3, -0.25) is 4.79 Å². The van der Waals surface area contributed by atoms with Crippen LogP contribution in [0, 0.1) is 0 Å². The summed E-state index contributed by atoms with van der Waals surface area (Å²) in [6.45, 7) is 2.02. The Morgan fingerprint density at radius 2 is 1.69 bits per heavy atom. The van der Waals surface area contributed by atoms with Gasteiger partial charge in [0.2, 0.25) is 0 Å². The third-order valence-corrected chi connectivity index (χ3v) is 6.60. The van der Waals surface area contributed by atoms with Crippen LogP contribution in [0.1, 0.15) is 29.3 Å². The quantitative estimate of drug-likeness (QED) is 0.586. The molecule has 32 heavy (non-hydrogen) atoms. The summed E-state index contributed by atoms with van der Waals surface area (Å²) in [6.07, 6.45) is -11.5. The number of rotatable bonds is 4. The van der Waals surface area contributed by atoms with E-state index in [2.05, 4.69) is 0 Å². The first-order valence-electron chi connectivity index (χ1n) is 9.46. The Balaban J connectivity index is 2.08. The topological polar surface area (TPSA) is 49.8 Å². The molecule has 0 saturated carbocycles. The molecule has 2 aromatic carbocycles. The summed E-state index contributed by atoms with van der Waals surface area (Å²) >= 11 is 1.07. The van der Waals surface area contributed by atoms with Crippen molar-refractivity contribution in [2.75, 3.05) is 18.6 Å². The van der Waals surface area contributed by atoms with Gasteiger partial charge < -0.3 is 14.7 Å². The van der Waals surface area contributed by atoms with Gasteiger partial charge in [0.25, 0.3) is 11.5 Å². The van der Waals surface area contributed by atoms with E-state index in [0.717, 1.165) is 17.8 Å². The molecule has 0 radical (unpaired) electrons. The Hall–Kier alpha value is -2.40. The molecule has 174 valence electrons. The normalized spacial score (nSPS) is 17.2. The number of aliphatic hydroxyl groups is 1. The third kappa shape index (κ3) is 4.15. The van der Waals surface area contributed by atoms with Gasteiger partial charge in [0.15, 0.2) is 0 Å². The maximum absolute atomic E-state index is 13.3. The van der Waals surface area contributed by atoms with Crippen molar-refractivity contribution >= 4 is 23.4 Å². The number of carbonyl (C=O) groups is 1. The van der Waals surface area contributed by atoms with E-state index in [1.807, 2.05) is 0 Å². The number of nitrogens with zero attached hydrogens (tertiary/aromatic N) is 1. The van der Waals surface area contributed by atoms with Gasteiger partial charge >= 0.3 is 12.4 Å². The summed E-state index contributed by atoms with van der Waals surface area (Å²) in [4.78, 5) is 14.5. The van der Waals surface area contributed by atoms with Crippen LogP contribution in [0.15, 0.2) is 47.4 Å². The minimum atomic E-state index is -5.98. The summed E-state index contributed by atoms with van der Waals surface area (Å²) in [5.41, 5.74) is -5.92. The van der Waals surface area contributed by atoms with E-state index in [4.69, 9.17) is 4.74 Å². The van der Waals surface area contributed by atoms with E-state index < -0.39 is 29.4 Å². The van der Waals surface area contributed by atoms with Gasteiger partial charge in [0, 0.05) is 27.8 Å². The second-order valence-electron chi connectivity index (χ2n) is 7.18. The molecular formula is C21H19F6NO3S. The Morgan fingerprint density at radius 3 is 2.19 bits per heavy atom. The molecule has 1 heterocycles. The molecule has 2 aromatic rings. The zero-order chi connectivity index (χ0) is 23.9. The minimum Gasteiger partial charge on any atom is -0.497 e.